The summed E-state index contributed by atoms with van der Waals surface area (Å²) in [5, 5.41) is 22.2. The number of carbonyl (C=O) groups excluding carboxylic acids is 2. The summed E-state index contributed by atoms with van der Waals surface area (Å²) in [4.78, 5) is 45.4. The van der Waals surface area contributed by atoms with Gasteiger partial charge in [0.05, 0.1) is 6.04 Å². The number of nitrogens with two attached hydrogens (primary N) is 1. The highest BCUT2D eigenvalue weighted by molar-refractivity contribution is 7.80. The molecular formula is C13H23N3O6S. The van der Waals surface area contributed by atoms with Crippen LogP contribution in [0.4, 0.5) is 0 Å². The van der Waals surface area contributed by atoms with Gasteiger partial charge >= 0.3 is 11.9 Å². The van der Waals surface area contributed by atoms with Crippen LogP contribution in [0.1, 0.15) is 26.7 Å². The third kappa shape index (κ3) is 7.84. The Hall–Kier alpha value is -1.81. The van der Waals surface area contributed by atoms with Gasteiger partial charge in [0.25, 0.3) is 0 Å². The molecule has 3 atom stereocenters. The SMILES string of the molecule is CC(C)[C@H](NC(=O)[C@@H](N)CCC(=O)O)C(=O)N[C@@H](CS)C(=O)O. The van der Waals surface area contributed by atoms with E-state index in [-0.39, 0.29) is 24.5 Å². The van der Waals surface area contributed by atoms with Crippen molar-refractivity contribution in [1.82, 2.24) is 10.6 Å². The molecule has 0 rings (SSSR count). The summed E-state index contributed by atoms with van der Waals surface area (Å²) >= 11 is 3.84. The van der Waals surface area contributed by atoms with Crippen molar-refractivity contribution in [3.8, 4) is 0 Å². The first kappa shape index (κ1) is 21.2. The summed E-state index contributed by atoms with van der Waals surface area (Å²) in [7, 11) is 0. The lowest BCUT2D eigenvalue weighted by atomic mass is 10.0. The van der Waals surface area contributed by atoms with Gasteiger partial charge in [0.15, 0.2) is 0 Å². The van der Waals surface area contributed by atoms with Gasteiger partial charge in [-0.05, 0) is 12.3 Å². The lowest BCUT2D eigenvalue weighted by Crippen LogP contribution is -2.56. The number of carboxylic acid groups (broad SMARTS) is 2. The van der Waals surface area contributed by atoms with Crippen molar-refractivity contribution in [2.24, 2.45) is 11.7 Å². The number of hydrogen-bond acceptors (Lipinski definition) is 6. The molecular weight excluding hydrogens is 326 g/mol. The molecule has 0 aliphatic rings. The predicted octanol–water partition coefficient (Wildman–Crippen LogP) is -1.18. The average molecular weight is 349 g/mol. The predicted molar refractivity (Wildman–Crippen MR) is 85.0 cm³/mol. The fourth-order valence-corrected chi connectivity index (χ4v) is 1.90. The fourth-order valence-electron chi connectivity index (χ4n) is 1.65. The summed E-state index contributed by atoms with van der Waals surface area (Å²) in [6.45, 7) is 3.34. The summed E-state index contributed by atoms with van der Waals surface area (Å²) in [5.41, 5.74) is 5.58. The number of thiol groups is 1. The van der Waals surface area contributed by atoms with E-state index >= 15 is 0 Å². The smallest absolute Gasteiger partial charge is 0.327 e. The Kier molecular flexibility index (Phi) is 9.27. The Morgan fingerprint density at radius 1 is 1.09 bits per heavy atom. The Bertz CT molecular complexity index is 457. The monoisotopic (exact) mass is 349 g/mol. The number of aliphatic carboxylic acids is 2. The minimum absolute atomic E-state index is 0.0675. The Labute approximate surface area is 139 Å². The molecule has 0 spiro atoms. The molecule has 0 aliphatic carbocycles. The van der Waals surface area contributed by atoms with Crippen molar-refractivity contribution in [2.45, 2.75) is 44.8 Å². The normalized spacial score (nSPS) is 14.7. The molecule has 23 heavy (non-hydrogen) atoms. The molecule has 0 aromatic carbocycles. The first-order valence-corrected chi connectivity index (χ1v) is 7.65. The van der Waals surface area contributed by atoms with E-state index in [0.29, 0.717) is 0 Å². The highest BCUT2D eigenvalue weighted by atomic mass is 32.1. The number of nitrogens with one attached hydrogen (secondary N) is 2. The Balaban J connectivity index is 4.79. The molecule has 0 aliphatic heterocycles. The molecule has 2 amide bonds. The van der Waals surface area contributed by atoms with Crippen LogP contribution in [0.25, 0.3) is 0 Å². The maximum atomic E-state index is 12.1. The highest BCUT2D eigenvalue weighted by Crippen LogP contribution is 2.05. The topological polar surface area (TPSA) is 159 Å². The van der Waals surface area contributed by atoms with Gasteiger partial charge in [-0.3, -0.25) is 14.4 Å². The second-order valence-corrected chi connectivity index (χ2v) is 5.72. The van der Waals surface area contributed by atoms with E-state index < -0.39 is 41.9 Å². The number of amides is 2. The van der Waals surface area contributed by atoms with E-state index in [0.717, 1.165) is 0 Å². The van der Waals surface area contributed by atoms with Crippen molar-refractivity contribution in [1.29, 1.82) is 0 Å². The zero-order valence-electron chi connectivity index (χ0n) is 13.0. The largest absolute Gasteiger partial charge is 0.481 e. The van der Waals surface area contributed by atoms with Crippen LogP contribution in [0.5, 0.6) is 0 Å². The van der Waals surface area contributed by atoms with Crippen molar-refractivity contribution in [3.63, 3.8) is 0 Å². The lowest BCUT2D eigenvalue weighted by molar-refractivity contribution is -0.141. The number of carbonyl (C=O) groups is 4. The molecule has 0 saturated carbocycles. The number of hydrogen-bond donors (Lipinski definition) is 6. The van der Waals surface area contributed by atoms with Gasteiger partial charge in [0.2, 0.25) is 11.8 Å². The summed E-state index contributed by atoms with van der Waals surface area (Å²) in [6.07, 6.45) is -0.337. The van der Waals surface area contributed by atoms with Gasteiger partial charge in [0, 0.05) is 12.2 Å². The van der Waals surface area contributed by atoms with E-state index in [1.165, 1.54) is 0 Å². The molecule has 0 aromatic heterocycles. The second kappa shape index (κ2) is 10.1. The Morgan fingerprint density at radius 2 is 1.65 bits per heavy atom. The van der Waals surface area contributed by atoms with Crippen LogP contribution >= 0.6 is 12.6 Å². The van der Waals surface area contributed by atoms with Crippen molar-refractivity contribution >= 4 is 36.4 Å². The van der Waals surface area contributed by atoms with Gasteiger partial charge < -0.3 is 26.6 Å². The van der Waals surface area contributed by atoms with Crippen LogP contribution in [-0.2, 0) is 19.2 Å². The van der Waals surface area contributed by atoms with Gasteiger partial charge in [-0.2, -0.15) is 12.6 Å². The minimum Gasteiger partial charge on any atom is -0.481 e. The zero-order chi connectivity index (χ0) is 18.2. The standard InChI is InChI=1S/C13H23N3O6S/c1-6(2)10(12(20)15-8(5-23)13(21)22)16-11(19)7(14)3-4-9(17)18/h6-8,10,23H,3-5,14H2,1-2H3,(H,15,20)(H,16,19)(H,17,18)(H,21,22)/t7-,8-,10-/m0/s1. The van der Waals surface area contributed by atoms with E-state index in [9.17, 15) is 19.2 Å². The summed E-state index contributed by atoms with van der Waals surface area (Å²) < 4.78 is 0. The molecule has 0 heterocycles. The van der Waals surface area contributed by atoms with Crippen LogP contribution < -0.4 is 16.4 Å². The first-order chi connectivity index (χ1) is 10.6. The summed E-state index contributed by atoms with van der Waals surface area (Å²) in [5.74, 6) is -4.07. The number of rotatable bonds is 10. The van der Waals surface area contributed by atoms with Gasteiger partial charge in [-0.1, -0.05) is 13.8 Å². The van der Waals surface area contributed by atoms with Gasteiger partial charge in [-0.25, -0.2) is 4.79 Å². The first-order valence-electron chi connectivity index (χ1n) is 7.01. The molecule has 132 valence electrons. The van der Waals surface area contributed by atoms with Crippen LogP contribution in [-0.4, -0.2) is 57.8 Å². The molecule has 0 bridgehead atoms. The van der Waals surface area contributed by atoms with Gasteiger partial charge in [0.1, 0.15) is 12.1 Å². The number of carboxylic acids is 2. The molecule has 0 saturated heterocycles. The molecule has 0 fully saturated rings. The van der Waals surface area contributed by atoms with E-state index in [1.54, 1.807) is 13.8 Å². The summed E-state index contributed by atoms with van der Waals surface area (Å²) in [6, 6.07) is -3.23. The molecule has 0 aromatic rings. The van der Waals surface area contributed by atoms with E-state index in [2.05, 4.69) is 23.3 Å². The van der Waals surface area contributed by atoms with Crippen LogP contribution in [0.2, 0.25) is 0 Å². The van der Waals surface area contributed by atoms with Crippen LogP contribution in [0, 0.1) is 5.92 Å². The minimum atomic E-state index is -1.24. The molecule has 0 radical (unpaired) electrons. The lowest BCUT2D eigenvalue weighted by Gasteiger charge is -2.24. The third-order valence-corrected chi connectivity index (χ3v) is 3.42. The van der Waals surface area contributed by atoms with Crippen molar-refractivity contribution in [3.05, 3.63) is 0 Å². The quantitative estimate of drug-likeness (QED) is 0.271. The maximum Gasteiger partial charge on any atom is 0.327 e. The molecule has 10 heteroatoms. The molecule has 0 unspecified atom stereocenters. The average Bonchev–Trinajstić information content (AvgIpc) is 2.46. The third-order valence-electron chi connectivity index (χ3n) is 3.05. The zero-order valence-corrected chi connectivity index (χ0v) is 13.9. The van der Waals surface area contributed by atoms with E-state index in [1.807, 2.05) is 0 Å². The molecule has 9 nitrogen and oxygen atoms in total. The maximum absolute atomic E-state index is 12.1. The van der Waals surface area contributed by atoms with Crippen molar-refractivity contribution in [2.75, 3.05) is 5.75 Å². The fraction of sp³-hybridized carbons (Fsp3) is 0.692. The van der Waals surface area contributed by atoms with Crippen LogP contribution in [0.3, 0.4) is 0 Å². The Morgan fingerprint density at radius 3 is 2.04 bits per heavy atom. The highest BCUT2D eigenvalue weighted by Gasteiger charge is 2.29. The van der Waals surface area contributed by atoms with Gasteiger partial charge in [-0.15, -0.1) is 0 Å². The molecule has 6 N–H and O–H groups in total. The van der Waals surface area contributed by atoms with Crippen LogP contribution in [0.15, 0.2) is 0 Å². The second-order valence-electron chi connectivity index (χ2n) is 5.35. The van der Waals surface area contributed by atoms with E-state index in [4.69, 9.17) is 15.9 Å². The van der Waals surface area contributed by atoms with Crippen molar-refractivity contribution < 1.29 is 29.4 Å².